The van der Waals surface area contributed by atoms with Crippen molar-refractivity contribution in [1.29, 1.82) is 0 Å². The highest BCUT2D eigenvalue weighted by Gasteiger charge is 2.14. The van der Waals surface area contributed by atoms with E-state index in [0.717, 1.165) is 16.8 Å². The lowest BCUT2D eigenvalue weighted by Crippen LogP contribution is -2.32. The van der Waals surface area contributed by atoms with Crippen LogP contribution in [0.25, 0.3) is 11.4 Å². The van der Waals surface area contributed by atoms with E-state index in [0.29, 0.717) is 22.4 Å². The molecule has 0 saturated heterocycles. The van der Waals surface area contributed by atoms with Gasteiger partial charge < -0.3 is 10.2 Å². The van der Waals surface area contributed by atoms with Crippen LogP contribution in [-0.4, -0.2) is 29.5 Å². The van der Waals surface area contributed by atoms with Gasteiger partial charge in [-0.05, 0) is 62.4 Å². The van der Waals surface area contributed by atoms with Crippen LogP contribution in [0.1, 0.15) is 11.3 Å². The molecule has 1 aromatic heterocycles. The summed E-state index contributed by atoms with van der Waals surface area (Å²) < 4.78 is 13.1. The van der Waals surface area contributed by atoms with Gasteiger partial charge in [0.05, 0.1) is 6.54 Å². The molecule has 2 aromatic carbocycles. The molecule has 0 unspecified atom stereocenters. The maximum absolute atomic E-state index is 13.1. The minimum absolute atomic E-state index is 0.0469. The third-order valence-electron chi connectivity index (χ3n) is 4.49. The van der Waals surface area contributed by atoms with Crippen LogP contribution in [0.3, 0.4) is 0 Å². The van der Waals surface area contributed by atoms with Crippen LogP contribution >= 0.6 is 11.6 Å². The van der Waals surface area contributed by atoms with Crippen molar-refractivity contribution in [2.24, 2.45) is 0 Å². The Labute approximate surface area is 168 Å². The van der Waals surface area contributed by atoms with Crippen LogP contribution in [0.4, 0.5) is 15.9 Å². The van der Waals surface area contributed by atoms with Crippen molar-refractivity contribution in [1.82, 2.24) is 9.97 Å². The lowest BCUT2D eigenvalue weighted by molar-refractivity contribution is -0.116. The number of anilines is 2. The molecule has 144 valence electrons. The molecular formula is C21H20ClFN4O. The molecule has 7 heteroatoms. The van der Waals surface area contributed by atoms with Gasteiger partial charge in [0.1, 0.15) is 11.6 Å². The second kappa shape index (κ2) is 8.35. The third kappa shape index (κ3) is 4.46. The Bertz CT molecular complexity index is 991. The van der Waals surface area contributed by atoms with Gasteiger partial charge in [0, 0.05) is 34.6 Å². The maximum atomic E-state index is 13.1. The highest BCUT2D eigenvalue weighted by molar-refractivity contribution is 6.30. The summed E-state index contributed by atoms with van der Waals surface area (Å²) in [4.78, 5) is 23.1. The topological polar surface area (TPSA) is 58.1 Å². The van der Waals surface area contributed by atoms with Crippen LogP contribution in [0.2, 0.25) is 5.02 Å². The Morgan fingerprint density at radius 2 is 1.71 bits per heavy atom. The lowest BCUT2D eigenvalue weighted by atomic mass is 10.2. The molecule has 0 aliphatic carbocycles. The number of halogens is 2. The summed E-state index contributed by atoms with van der Waals surface area (Å²) >= 11 is 5.94. The molecular weight excluding hydrogens is 379 g/mol. The fraction of sp³-hybridized carbons (Fsp3) is 0.190. The summed E-state index contributed by atoms with van der Waals surface area (Å²) in [7, 11) is 1.65. The van der Waals surface area contributed by atoms with Gasteiger partial charge in [0.15, 0.2) is 5.82 Å². The molecule has 0 bridgehead atoms. The monoisotopic (exact) mass is 398 g/mol. The molecule has 0 atom stereocenters. The van der Waals surface area contributed by atoms with Gasteiger partial charge in [-0.3, -0.25) is 4.79 Å². The molecule has 1 heterocycles. The predicted octanol–water partition coefficient (Wildman–Crippen LogP) is 4.63. The summed E-state index contributed by atoms with van der Waals surface area (Å²) in [5.74, 6) is 0.639. The van der Waals surface area contributed by atoms with E-state index < -0.39 is 0 Å². The van der Waals surface area contributed by atoms with E-state index in [2.05, 4.69) is 15.3 Å². The van der Waals surface area contributed by atoms with Gasteiger partial charge in [-0.2, -0.15) is 0 Å². The van der Waals surface area contributed by atoms with E-state index in [9.17, 15) is 9.18 Å². The Morgan fingerprint density at radius 3 is 2.36 bits per heavy atom. The van der Waals surface area contributed by atoms with E-state index >= 15 is 0 Å². The first-order valence-corrected chi connectivity index (χ1v) is 9.10. The van der Waals surface area contributed by atoms with Gasteiger partial charge in [-0.15, -0.1) is 0 Å². The summed E-state index contributed by atoms with van der Waals surface area (Å²) in [6.07, 6.45) is 0. The fourth-order valence-corrected chi connectivity index (χ4v) is 2.74. The minimum atomic E-state index is -0.343. The third-order valence-corrected chi connectivity index (χ3v) is 4.74. The first-order valence-electron chi connectivity index (χ1n) is 8.72. The average molecular weight is 399 g/mol. The van der Waals surface area contributed by atoms with Crippen molar-refractivity contribution in [3.63, 3.8) is 0 Å². The largest absolute Gasteiger partial charge is 0.361 e. The van der Waals surface area contributed by atoms with Crippen LogP contribution in [0.5, 0.6) is 0 Å². The van der Waals surface area contributed by atoms with Gasteiger partial charge in [-0.1, -0.05) is 11.6 Å². The first kappa shape index (κ1) is 19.8. The molecule has 0 spiro atoms. The molecule has 0 aliphatic rings. The van der Waals surface area contributed by atoms with Crippen molar-refractivity contribution in [2.45, 2.75) is 13.8 Å². The number of carbonyl (C=O) groups excluding carboxylic acids is 1. The summed E-state index contributed by atoms with van der Waals surface area (Å²) in [6.45, 7) is 3.84. The number of hydrogen-bond donors (Lipinski definition) is 1. The number of likely N-dealkylation sites (N-methyl/N-ethyl adjacent to an activating group) is 1. The first-order chi connectivity index (χ1) is 13.3. The number of aryl methyl sites for hydroxylation is 1. The molecule has 0 radical (unpaired) electrons. The standard InChI is InChI=1S/C21H20ClFN4O/c1-13-14(2)25-21(15-4-6-16(22)7-5-15)26-20(13)24-12-19(28)27(3)18-10-8-17(23)9-11-18/h4-11H,12H2,1-3H3,(H,24,25,26). The second-order valence-electron chi connectivity index (χ2n) is 6.40. The van der Waals surface area contributed by atoms with E-state index in [1.54, 1.807) is 31.3 Å². The minimum Gasteiger partial charge on any atom is -0.361 e. The molecule has 1 N–H and O–H groups in total. The Kier molecular flexibility index (Phi) is 5.90. The number of carbonyl (C=O) groups is 1. The number of nitrogens with zero attached hydrogens (tertiary/aromatic N) is 3. The normalized spacial score (nSPS) is 10.6. The lowest BCUT2D eigenvalue weighted by Gasteiger charge is -2.18. The Hall–Kier alpha value is -2.99. The van der Waals surface area contributed by atoms with Crippen molar-refractivity contribution in [3.05, 3.63) is 70.6 Å². The zero-order valence-corrected chi connectivity index (χ0v) is 16.6. The number of aromatic nitrogens is 2. The number of amides is 1. The SMILES string of the molecule is Cc1nc(-c2ccc(Cl)cc2)nc(NCC(=O)N(C)c2ccc(F)cc2)c1C. The van der Waals surface area contributed by atoms with Gasteiger partial charge in [-0.25, -0.2) is 14.4 Å². The predicted molar refractivity (Wildman–Crippen MR) is 110 cm³/mol. The smallest absolute Gasteiger partial charge is 0.246 e. The van der Waals surface area contributed by atoms with Crippen molar-refractivity contribution in [2.75, 3.05) is 23.8 Å². The van der Waals surface area contributed by atoms with Gasteiger partial charge in [0.25, 0.3) is 0 Å². The quantitative estimate of drug-likeness (QED) is 0.680. The highest BCUT2D eigenvalue weighted by atomic mass is 35.5. The number of nitrogens with one attached hydrogen (secondary N) is 1. The molecule has 0 fully saturated rings. The average Bonchev–Trinajstić information content (AvgIpc) is 2.69. The fourth-order valence-electron chi connectivity index (χ4n) is 2.62. The summed E-state index contributed by atoms with van der Waals surface area (Å²) in [5, 5.41) is 3.73. The summed E-state index contributed by atoms with van der Waals surface area (Å²) in [5.41, 5.74) is 3.15. The molecule has 1 amide bonds. The molecule has 28 heavy (non-hydrogen) atoms. The Morgan fingerprint density at radius 1 is 1.07 bits per heavy atom. The van der Waals surface area contributed by atoms with Crippen LogP contribution in [0, 0.1) is 19.7 Å². The molecule has 5 nitrogen and oxygen atoms in total. The van der Waals surface area contributed by atoms with Crippen LogP contribution < -0.4 is 10.2 Å². The van der Waals surface area contributed by atoms with Crippen molar-refractivity contribution < 1.29 is 9.18 Å². The maximum Gasteiger partial charge on any atom is 0.246 e. The molecule has 0 saturated carbocycles. The highest BCUT2D eigenvalue weighted by Crippen LogP contribution is 2.23. The molecule has 0 aliphatic heterocycles. The molecule has 3 rings (SSSR count). The van der Waals surface area contributed by atoms with E-state index in [1.165, 1.54) is 17.0 Å². The van der Waals surface area contributed by atoms with E-state index in [4.69, 9.17) is 11.6 Å². The van der Waals surface area contributed by atoms with Crippen LogP contribution in [-0.2, 0) is 4.79 Å². The van der Waals surface area contributed by atoms with Crippen LogP contribution in [0.15, 0.2) is 48.5 Å². The zero-order chi connectivity index (χ0) is 20.3. The summed E-state index contributed by atoms with van der Waals surface area (Å²) in [6, 6.07) is 13.0. The van der Waals surface area contributed by atoms with E-state index in [-0.39, 0.29) is 18.3 Å². The number of rotatable bonds is 5. The van der Waals surface area contributed by atoms with Crippen molar-refractivity contribution in [3.8, 4) is 11.4 Å². The van der Waals surface area contributed by atoms with Gasteiger partial charge in [0.2, 0.25) is 5.91 Å². The van der Waals surface area contributed by atoms with E-state index in [1.807, 2.05) is 26.0 Å². The zero-order valence-electron chi connectivity index (χ0n) is 15.8. The number of hydrogen-bond acceptors (Lipinski definition) is 4. The molecule has 3 aromatic rings. The van der Waals surface area contributed by atoms with Gasteiger partial charge >= 0.3 is 0 Å². The Balaban J connectivity index is 1.77. The number of benzene rings is 2. The van der Waals surface area contributed by atoms with Crippen molar-refractivity contribution >= 4 is 29.0 Å². The second-order valence-corrected chi connectivity index (χ2v) is 6.83.